The molecule has 0 atom stereocenters. The Morgan fingerprint density at radius 3 is 2.68 bits per heavy atom. The standard InChI is InChI=1S/C21H26N6O/c28-21(20-17-7-1-2-8-18(17)24-25-20)23-11-5-6-12-26-13-15-27(16-14-26)19-9-3-4-10-22-19/h1-4,7-10H,5-6,11-16H2,(H,23,28)(H,24,25). The lowest BCUT2D eigenvalue weighted by atomic mass is 10.2. The van der Waals surface area contributed by atoms with Crippen molar-refractivity contribution >= 4 is 22.6 Å². The van der Waals surface area contributed by atoms with Crippen LogP contribution in [0.4, 0.5) is 5.82 Å². The van der Waals surface area contributed by atoms with Crippen LogP contribution < -0.4 is 10.2 Å². The average Bonchev–Trinajstić information content (AvgIpc) is 3.19. The number of carbonyl (C=O) groups is 1. The van der Waals surface area contributed by atoms with Gasteiger partial charge < -0.3 is 10.2 Å². The highest BCUT2D eigenvalue weighted by atomic mass is 16.1. The van der Waals surface area contributed by atoms with Gasteiger partial charge in [-0.05, 0) is 37.6 Å². The number of nitrogens with zero attached hydrogens (tertiary/aromatic N) is 4. The van der Waals surface area contributed by atoms with E-state index in [1.54, 1.807) is 0 Å². The summed E-state index contributed by atoms with van der Waals surface area (Å²) in [6, 6.07) is 13.7. The van der Waals surface area contributed by atoms with Crippen molar-refractivity contribution in [2.24, 2.45) is 0 Å². The number of unbranched alkanes of at least 4 members (excludes halogenated alkanes) is 1. The van der Waals surface area contributed by atoms with E-state index in [0.717, 1.165) is 62.3 Å². The Labute approximate surface area is 164 Å². The van der Waals surface area contributed by atoms with Gasteiger partial charge in [-0.3, -0.25) is 14.8 Å². The van der Waals surface area contributed by atoms with E-state index in [1.165, 1.54) is 0 Å². The van der Waals surface area contributed by atoms with Gasteiger partial charge in [-0.1, -0.05) is 24.3 Å². The van der Waals surface area contributed by atoms with E-state index >= 15 is 0 Å². The van der Waals surface area contributed by atoms with E-state index < -0.39 is 0 Å². The van der Waals surface area contributed by atoms with Crippen LogP contribution in [0.5, 0.6) is 0 Å². The minimum atomic E-state index is -0.110. The Balaban J connectivity index is 1.14. The second-order valence-electron chi connectivity index (χ2n) is 7.10. The van der Waals surface area contributed by atoms with Crippen molar-refractivity contribution in [1.82, 2.24) is 25.4 Å². The molecule has 0 aliphatic carbocycles. The summed E-state index contributed by atoms with van der Waals surface area (Å²) in [5.74, 6) is 0.956. The fourth-order valence-electron chi connectivity index (χ4n) is 3.62. The van der Waals surface area contributed by atoms with Crippen molar-refractivity contribution in [3.63, 3.8) is 0 Å². The highest BCUT2D eigenvalue weighted by molar-refractivity contribution is 6.04. The molecule has 1 aromatic carbocycles. The number of para-hydroxylation sites is 1. The number of amides is 1. The molecule has 3 heterocycles. The zero-order chi connectivity index (χ0) is 19.2. The molecule has 4 rings (SSSR count). The molecule has 2 N–H and O–H groups in total. The van der Waals surface area contributed by atoms with Crippen molar-refractivity contribution in [2.45, 2.75) is 12.8 Å². The number of anilines is 1. The Bertz CT molecular complexity index is 901. The zero-order valence-corrected chi connectivity index (χ0v) is 16.0. The molecule has 1 saturated heterocycles. The monoisotopic (exact) mass is 378 g/mol. The van der Waals surface area contributed by atoms with Gasteiger partial charge in [0.15, 0.2) is 5.69 Å². The first-order valence-corrected chi connectivity index (χ1v) is 9.91. The summed E-state index contributed by atoms with van der Waals surface area (Å²) in [5, 5.41) is 10.9. The average molecular weight is 378 g/mol. The highest BCUT2D eigenvalue weighted by Gasteiger charge is 2.17. The van der Waals surface area contributed by atoms with Gasteiger partial charge in [-0.25, -0.2) is 4.98 Å². The third kappa shape index (κ3) is 4.31. The summed E-state index contributed by atoms with van der Waals surface area (Å²) in [5.41, 5.74) is 1.36. The molecule has 1 fully saturated rings. The number of aromatic amines is 1. The number of piperazine rings is 1. The van der Waals surface area contributed by atoms with E-state index in [1.807, 2.05) is 42.6 Å². The molecule has 146 valence electrons. The van der Waals surface area contributed by atoms with Crippen LogP contribution in [0, 0.1) is 0 Å². The van der Waals surface area contributed by atoms with Gasteiger partial charge in [-0.15, -0.1) is 0 Å². The van der Waals surface area contributed by atoms with Crippen LogP contribution in [-0.2, 0) is 0 Å². The third-order valence-electron chi connectivity index (χ3n) is 5.22. The van der Waals surface area contributed by atoms with Crippen LogP contribution >= 0.6 is 0 Å². The Hall–Kier alpha value is -2.93. The van der Waals surface area contributed by atoms with E-state index in [0.29, 0.717) is 12.2 Å². The molecule has 7 heteroatoms. The number of H-pyrrole nitrogens is 1. The van der Waals surface area contributed by atoms with E-state index in [4.69, 9.17) is 0 Å². The van der Waals surface area contributed by atoms with E-state index in [-0.39, 0.29) is 5.91 Å². The van der Waals surface area contributed by atoms with Crippen LogP contribution in [0.3, 0.4) is 0 Å². The number of hydrogen-bond acceptors (Lipinski definition) is 5. The molecule has 1 aliphatic heterocycles. The fraction of sp³-hybridized carbons (Fsp3) is 0.381. The molecule has 0 bridgehead atoms. The molecular formula is C21H26N6O. The predicted molar refractivity (Wildman–Crippen MR) is 111 cm³/mol. The number of carbonyl (C=O) groups excluding carboxylic acids is 1. The molecule has 0 saturated carbocycles. The number of nitrogens with one attached hydrogen (secondary N) is 2. The predicted octanol–water partition coefficient (Wildman–Crippen LogP) is 2.29. The smallest absolute Gasteiger partial charge is 0.272 e. The van der Waals surface area contributed by atoms with Gasteiger partial charge in [0.25, 0.3) is 5.91 Å². The second kappa shape index (κ2) is 8.84. The molecule has 0 spiro atoms. The number of fused-ring (bicyclic) bond motifs is 1. The number of benzene rings is 1. The molecule has 3 aromatic rings. The van der Waals surface area contributed by atoms with Crippen LogP contribution in [0.15, 0.2) is 48.7 Å². The number of pyridine rings is 1. The fourth-order valence-corrected chi connectivity index (χ4v) is 3.62. The third-order valence-corrected chi connectivity index (χ3v) is 5.22. The molecule has 0 radical (unpaired) electrons. The van der Waals surface area contributed by atoms with Crippen LogP contribution in [-0.4, -0.2) is 65.3 Å². The molecule has 1 aliphatic rings. The minimum absolute atomic E-state index is 0.110. The highest BCUT2D eigenvalue weighted by Crippen LogP contribution is 2.15. The lowest BCUT2D eigenvalue weighted by molar-refractivity contribution is 0.0949. The van der Waals surface area contributed by atoms with Gasteiger partial charge in [0.2, 0.25) is 0 Å². The SMILES string of the molecule is O=C(NCCCCN1CCN(c2ccccn2)CC1)c1n[nH]c2ccccc12. The molecule has 0 unspecified atom stereocenters. The Morgan fingerprint density at radius 1 is 1.04 bits per heavy atom. The lowest BCUT2D eigenvalue weighted by Gasteiger charge is -2.35. The number of rotatable bonds is 7. The Kier molecular flexibility index (Phi) is 5.82. The molecule has 1 amide bonds. The molecular weight excluding hydrogens is 352 g/mol. The maximum absolute atomic E-state index is 12.3. The first-order chi connectivity index (χ1) is 13.8. The van der Waals surface area contributed by atoms with Gasteiger partial charge in [-0.2, -0.15) is 5.10 Å². The Morgan fingerprint density at radius 2 is 1.86 bits per heavy atom. The number of aromatic nitrogens is 3. The summed E-state index contributed by atoms with van der Waals surface area (Å²) in [6.45, 7) is 5.88. The van der Waals surface area contributed by atoms with Gasteiger partial charge in [0, 0.05) is 44.3 Å². The molecule has 2 aromatic heterocycles. The largest absolute Gasteiger partial charge is 0.354 e. The van der Waals surface area contributed by atoms with Crippen LogP contribution in [0.1, 0.15) is 23.3 Å². The topological polar surface area (TPSA) is 77.2 Å². The van der Waals surface area contributed by atoms with E-state index in [2.05, 4.69) is 36.4 Å². The maximum atomic E-state index is 12.3. The summed E-state index contributed by atoms with van der Waals surface area (Å²) < 4.78 is 0. The van der Waals surface area contributed by atoms with Crippen LogP contribution in [0.2, 0.25) is 0 Å². The second-order valence-corrected chi connectivity index (χ2v) is 7.10. The normalized spacial score (nSPS) is 15.1. The zero-order valence-electron chi connectivity index (χ0n) is 16.0. The summed E-state index contributed by atoms with van der Waals surface area (Å²) >= 11 is 0. The van der Waals surface area contributed by atoms with E-state index in [9.17, 15) is 4.79 Å². The quantitative estimate of drug-likeness (QED) is 0.617. The maximum Gasteiger partial charge on any atom is 0.272 e. The first-order valence-electron chi connectivity index (χ1n) is 9.91. The van der Waals surface area contributed by atoms with Gasteiger partial charge in [0.05, 0.1) is 5.52 Å². The molecule has 28 heavy (non-hydrogen) atoms. The van der Waals surface area contributed by atoms with Crippen molar-refractivity contribution in [3.05, 3.63) is 54.4 Å². The minimum Gasteiger partial charge on any atom is -0.354 e. The molecule has 7 nitrogen and oxygen atoms in total. The van der Waals surface area contributed by atoms with Gasteiger partial charge >= 0.3 is 0 Å². The number of hydrogen-bond donors (Lipinski definition) is 2. The van der Waals surface area contributed by atoms with Crippen molar-refractivity contribution in [3.8, 4) is 0 Å². The van der Waals surface area contributed by atoms with Crippen molar-refractivity contribution < 1.29 is 4.79 Å². The summed E-state index contributed by atoms with van der Waals surface area (Å²) in [7, 11) is 0. The first kappa shape index (κ1) is 18.4. The van der Waals surface area contributed by atoms with Crippen LogP contribution in [0.25, 0.3) is 10.9 Å². The lowest BCUT2D eigenvalue weighted by Crippen LogP contribution is -2.47. The van der Waals surface area contributed by atoms with Crippen molar-refractivity contribution in [2.75, 3.05) is 44.2 Å². The summed E-state index contributed by atoms with van der Waals surface area (Å²) in [4.78, 5) is 21.6. The van der Waals surface area contributed by atoms with Gasteiger partial charge in [0.1, 0.15) is 5.82 Å². The summed E-state index contributed by atoms with van der Waals surface area (Å²) in [6.07, 6.45) is 3.89. The van der Waals surface area contributed by atoms with Crippen molar-refractivity contribution in [1.29, 1.82) is 0 Å².